The van der Waals surface area contributed by atoms with Crippen molar-refractivity contribution in [3.8, 4) is 0 Å². The Labute approximate surface area is 53.8 Å². The summed E-state index contributed by atoms with van der Waals surface area (Å²) >= 11 is 0. The fraction of sp³-hybridized carbons (Fsp3) is 0.800. The Bertz CT molecular complexity index is 109. The van der Waals surface area contributed by atoms with Gasteiger partial charge in [0.05, 0.1) is 0 Å². The molecule has 0 spiro atoms. The number of urea groups is 1. The molecule has 0 aliphatic carbocycles. The molecular weight excluding hydrogens is 118 g/mol. The molecule has 1 fully saturated rings. The van der Waals surface area contributed by atoms with Crippen LogP contribution < -0.4 is 16.4 Å². The molecule has 52 valence electrons. The highest BCUT2D eigenvalue weighted by Gasteiger charge is 2.14. The highest BCUT2D eigenvalue weighted by molar-refractivity contribution is 5.72. The van der Waals surface area contributed by atoms with Crippen LogP contribution in [0.3, 0.4) is 0 Å². The fourth-order valence-corrected chi connectivity index (χ4v) is 0.979. The van der Waals surface area contributed by atoms with E-state index in [9.17, 15) is 4.79 Å². The lowest BCUT2D eigenvalue weighted by Crippen LogP contribution is -2.39. The lowest BCUT2D eigenvalue weighted by atomic mass is 10.3. The van der Waals surface area contributed by atoms with E-state index in [4.69, 9.17) is 5.73 Å². The molecule has 0 saturated carbocycles. The lowest BCUT2D eigenvalue weighted by molar-refractivity contribution is 0.246. The SMILES string of the molecule is NC(=O)NC1CCNC1. The molecule has 1 rings (SSSR count). The van der Waals surface area contributed by atoms with Crippen molar-refractivity contribution in [2.24, 2.45) is 5.73 Å². The van der Waals surface area contributed by atoms with Crippen LogP contribution in [0.5, 0.6) is 0 Å². The Morgan fingerprint density at radius 1 is 1.78 bits per heavy atom. The predicted molar refractivity (Wildman–Crippen MR) is 34.0 cm³/mol. The molecule has 9 heavy (non-hydrogen) atoms. The van der Waals surface area contributed by atoms with Gasteiger partial charge in [0.15, 0.2) is 0 Å². The molecule has 0 aromatic carbocycles. The van der Waals surface area contributed by atoms with Crippen LogP contribution in [-0.2, 0) is 0 Å². The van der Waals surface area contributed by atoms with Gasteiger partial charge in [0.1, 0.15) is 0 Å². The number of hydrogen-bond acceptors (Lipinski definition) is 2. The number of hydrogen-bond donors (Lipinski definition) is 3. The Morgan fingerprint density at radius 3 is 3.00 bits per heavy atom. The fourth-order valence-electron chi connectivity index (χ4n) is 0.979. The molecule has 0 bridgehead atoms. The maximum Gasteiger partial charge on any atom is 0.312 e. The summed E-state index contributed by atoms with van der Waals surface area (Å²) in [6.45, 7) is 1.83. The Kier molecular flexibility index (Phi) is 1.89. The monoisotopic (exact) mass is 129 g/mol. The number of rotatable bonds is 1. The Morgan fingerprint density at radius 2 is 2.56 bits per heavy atom. The topological polar surface area (TPSA) is 67.2 Å². The van der Waals surface area contributed by atoms with Crippen LogP contribution in [0.1, 0.15) is 6.42 Å². The number of carbonyl (C=O) groups is 1. The van der Waals surface area contributed by atoms with Crippen LogP contribution in [0, 0.1) is 0 Å². The molecule has 0 aromatic heterocycles. The molecule has 4 N–H and O–H groups in total. The summed E-state index contributed by atoms with van der Waals surface area (Å²) in [4.78, 5) is 10.2. The average Bonchev–Trinajstić information content (AvgIpc) is 2.15. The molecular formula is C5H11N3O. The van der Waals surface area contributed by atoms with Crippen LogP contribution in [0.2, 0.25) is 0 Å². The van der Waals surface area contributed by atoms with E-state index in [1.54, 1.807) is 0 Å². The molecule has 4 heteroatoms. The van der Waals surface area contributed by atoms with E-state index in [1.165, 1.54) is 0 Å². The van der Waals surface area contributed by atoms with E-state index in [-0.39, 0.29) is 6.04 Å². The van der Waals surface area contributed by atoms with Crippen molar-refractivity contribution in [3.63, 3.8) is 0 Å². The molecule has 4 nitrogen and oxygen atoms in total. The zero-order chi connectivity index (χ0) is 6.69. The summed E-state index contributed by atoms with van der Waals surface area (Å²) in [5.74, 6) is 0. The summed E-state index contributed by atoms with van der Waals surface area (Å²) in [6, 6.07) is -0.175. The number of carbonyl (C=O) groups excluding carboxylic acids is 1. The second-order valence-electron chi connectivity index (χ2n) is 2.20. The smallest absolute Gasteiger partial charge is 0.312 e. The molecule has 1 atom stereocenters. The first-order valence-corrected chi connectivity index (χ1v) is 3.06. The number of amides is 2. The van der Waals surface area contributed by atoms with Crippen LogP contribution in [-0.4, -0.2) is 25.2 Å². The van der Waals surface area contributed by atoms with Crippen LogP contribution in [0.4, 0.5) is 4.79 Å². The third-order valence-corrected chi connectivity index (χ3v) is 1.41. The standard InChI is InChI=1S/C5H11N3O/c6-5(9)8-4-1-2-7-3-4/h4,7H,1-3H2,(H3,6,8,9). The minimum atomic E-state index is -0.427. The van der Waals surface area contributed by atoms with Gasteiger partial charge in [-0.2, -0.15) is 0 Å². The first-order chi connectivity index (χ1) is 4.29. The van der Waals surface area contributed by atoms with Crippen molar-refractivity contribution in [1.82, 2.24) is 10.6 Å². The molecule has 1 aliphatic heterocycles. The minimum absolute atomic E-state index is 0.252. The van der Waals surface area contributed by atoms with Crippen LogP contribution in [0.15, 0.2) is 0 Å². The van der Waals surface area contributed by atoms with Crippen molar-refractivity contribution in [3.05, 3.63) is 0 Å². The number of primary amides is 1. The molecule has 0 radical (unpaired) electrons. The second kappa shape index (κ2) is 2.68. The van der Waals surface area contributed by atoms with E-state index < -0.39 is 6.03 Å². The van der Waals surface area contributed by atoms with Gasteiger partial charge in [-0.25, -0.2) is 4.79 Å². The van der Waals surface area contributed by atoms with Crippen molar-refractivity contribution in [2.75, 3.05) is 13.1 Å². The Hall–Kier alpha value is -0.770. The predicted octanol–water partition coefficient (Wildman–Crippen LogP) is -0.983. The molecule has 1 saturated heterocycles. The van der Waals surface area contributed by atoms with Gasteiger partial charge in [0.25, 0.3) is 0 Å². The van der Waals surface area contributed by atoms with Crippen molar-refractivity contribution in [2.45, 2.75) is 12.5 Å². The van der Waals surface area contributed by atoms with Gasteiger partial charge in [-0.3, -0.25) is 0 Å². The van der Waals surface area contributed by atoms with E-state index in [0.717, 1.165) is 19.5 Å². The van der Waals surface area contributed by atoms with Gasteiger partial charge >= 0.3 is 6.03 Å². The number of nitrogens with two attached hydrogens (primary N) is 1. The Balaban J connectivity index is 2.19. The van der Waals surface area contributed by atoms with Gasteiger partial charge in [0.2, 0.25) is 0 Å². The number of nitrogens with one attached hydrogen (secondary N) is 2. The van der Waals surface area contributed by atoms with Crippen molar-refractivity contribution < 1.29 is 4.79 Å². The summed E-state index contributed by atoms with van der Waals surface area (Å²) in [7, 11) is 0. The van der Waals surface area contributed by atoms with E-state index in [1.807, 2.05) is 0 Å². The molecule has 2 amide bonds. The molecule has 0 aromatic rings. The quantitative estimate of drug-likeness (QED) is 0.426. The van der Waals surface area contributed by atoms with Gasteiger partial charge in [-0.05, 0) is 13.0 Å². The van der Waals surface area contributed by atoms with E-state index in [0.29, 0.717) is 0 Å². The summed E-state index contributed by atoms with van der Waals surface area (Å²) in [5.41, 5.74) is 4.89. The maximum atomic E-state index is 10.2. The largest absolute Gasteiger partial charge is 0.352 e. The summed E-state index contributed by atoms with van der Waals surface area (Å²) in [6.07, 6.45) is 0.989. The van der Waals surface area contributed by atoms with Gasteiger partial charge in [-0.15, -0.1) is 0 Å². The second-order valence-corrected chi connectivity index (χ2v) is 2.20. The van der Waals surface area contributed by atoms with Crippen molar-refractivity contribution >= 4 is 6.03 Å². The maximum absolute atomic E-state index is 10.2. The van der Waals surface area contributed by atoms with Crippen molar-refractivity contribution in [1.29, 1.82) is 0 Å². The van der Waals surface area contributed by atoms with E-state index in [2.05, 4.69) is 10.6 Å². The third kappa shape index (κ3) is 1.89. The molecule has 1 heterocycles. The highest BCUT2D eigenvalue weighted by atomic mass is 16.2. The van der Waals surface area contributed by atoms with Crippen LogP contribution in [0.25, 0.3) is 0 Å². The van der Waals surface area contributed by atoms with Gasteiger partial charge in [0, 0.05) is 12.6 Å². The first kappa shape index (κ1) is 6.35. The summed E-state index contributed by atoms with van der Waals surface area (Å²) < 4.78 is 0. The van der Waals surface area contributed by atoms with E-state index >= 15 is 0 Å². The lowest BCUT2D eigenvalue weighted by Gasteiger charge is -2.06. The summed E-state index contributed by atoms with van der Waals surface area (Å²) in [5, 5.41) is 5.73. The highest BCUT2D eigenvalue weighted by Crippen LogP contribution is 1.95. The molecule has 1 unspecified atom stereocenters. The van der Waals surface area contributed by atoms with Gasteiger partial charge in [-0.1, -0.05) is 0 Å². The zero-order valence-electron chi connectivity index (χ0n) is 5.18. The normalized spacial score (nSPS) is 26.0. The average molecular weight is 129 g/mol. The minimum Gasteiger partial charge on any atom is -0.352 e. The van der Waals surface area contributed by atoms with Crippen LogP contribution >= 0.6 is 0 Å². The molecule has 1 aliphatic rings. The van der Waals surface area contributed by atoms with Gasteiger partial charge < -0.3 is 16.4 Å². The third-order valence-electron chi connectivity index (χ3n) is 1.41. The zero-order valence-corrected chi connectivity index (χ0v) is 5.18. The first-order valence-electron chi connectivity index (χ1n) is 3.06.